The molecule has 11 heteroatoms. The fraction of sp³-hybridized carbons (Fsp3) is 0.489. The summed E-state index contributed by atoms with van der Waals surface area (Å²) in [5.41, 5.74) is 3.37. The Morgan fingerprint density at radius 2 is 1.43 bits per heavy atom. The lowest BCUT2D eigenvalue weighted by atomic mass is 9.95. The van der Waals surface area contributed by atoms with Crippen LogP contribution in [0.5, 0.6) is 5.75 Å². The molecule has 0 radical (unpaired) electrons. The monoisotopic (exact) mass is 790 g/mol. The number of carbonyl (C=O) groups is 3. The number of piperidine rings is 1. The summed E-state index contributed by atoms with van der Waals surface area (Å²) in [7, 11) is 0. The van der Waals surface area contributed by atoms with E-state index in [0.29, 0.717) is 51.3 Å². The van der Waals surface area contributed by atoms with Crippen molar-refractivity contribution in [2.45, 2.75) is 82.9 Å². The van der Waals surface area contributed by atoms with E-state index in [-0.39, 0.29) is 42.7 Å². The summed E-state index contributed by atoms with van der Waals surface area (Å²) in [5.74, 6) is -0.195. The molecule has 0 bridgehead atoms. The van der Waals surface area contributed by atoms with E-state index in [9.17, 15) is 19.5 Å². The standard InChI is InChI=1S/C47H62N6O5/c1-2-51-29-31-53(32-30-51)45(55)33-43(47(57)49-39(19-9-17-36-13-5-3-6-14-36)20-10-18-37-15-7-4-8-16-37)50-46(56)38-24-27-52(28-25-38)34-40(54)35-58-44-23-11-22-42-41(44)21-12-26-48-42/h3-8,11-16,21-23,26,38-40,43,54H,2,9-10,17-20,24-25,27-35H2,1H3,(H,49,57)(H,50,56)/t40-,43+/m1/s1. The average Bonchev–Trinajstić information content (AvgIpc) is 3.26. The fourth-order valence-corrected chi connectivity index (χ4v) is 8.22. The summed E-state index contributed by atoms with van der Waals surface area (Å²) in [6.45, 7) is 7.74. The second kappa shape index (κ2) is 22.3. The molecule has 3 amide bonds. The predicted molar refractivity (Wildman–Crippen MR) is 228 cm³/mol. The van der Waals surface area contributed by atoms with Gasteiger partial charge < -0.3 is 35.2 Å². The third kappa shape index (κ3) is 13.1. The van der Waals surface area contributed by atoms with E-state index in [2.05, 4.69) is 80.9 Å². The molecule has 2 atom stereocenters. The van der Waals surface area contributed by atoms with Crippen molar-refractivity contribution in [3.05, 3.63) is 108 Å². The molecule has 0 saturated carbocycles. The first-order chi connectivity index (χ1) is 28.3. The van der Waals surface area contributed by atoms with Crippen LogP contribution in [-0.4, -0.2) is 120 Å². The average molecular weight is 791 g/mol. The van der Waals surface area contributed by atoms with E-state index in [1.54, 1.807) is 6.20 Å². The molecule has 3 heterocycles. The van der Waals surface area contributed by atoms with Gasteiger partial charge >= 0.3 is 0 Å². The molecule has 2 aliphatic heterocycles. The van der Waals surface area contributed by atoms with E-state index in [1.165, 1.54) is 11.1 Å². The maximum Gasteiger partial charge on any atom is 0.243 e. The molecule has 2 aliphatic rings. The summed E-state index contributed by atoms with van der Waals surface area (Å²) in [6, 6.07) is 29.3. The highest BCUT2D eigenvalue weighted by molar-refractivity contribution is 5.92. The highest BCUT2D eigenvalue weighted by Gasteiger charge is 2.33. The van der Waals surface area contributed by atoms with Crippen LogP contribution >= 0.6 is 0 Å². The summed E-state index contributed by atoms with van der Waals surface area (Å²) in [4.78, 5) is 52.5. The van der Waals surface area contributed by atoms with Crippen LogP contribution in [0.1, 0.15) is 63.0 Å². The Balaban J connectivity index is 1.04. The van der Waals surface area contributed by atoms with E-state index in [1.807, 2.05) is 47.4 Å². The number of benzene rings is 3. The summed E-state index contributed by atoms with van der Waals surface area (Å²) in [5, 5.41) is 18.1. The molecular formula is C47H62N6O5. The van der Waals surface area contributed by atoms with Crippen molar-refractivity contribution in [2.24, 2.45) is 5.92 Å². The third-order valence-electron chi connectivity index (χ3n) is 11.7. The zero-order chi connectivity index (χ0) is 40.5. The van der Waals surface area contributed by atoms with Gasteiger partial charge in [-0.05, 0) is 106 Å². The van der Waals surface area contributed by atoms with Gasteiger partial charge in [-0.1, -0.05) is 73.7 Å². The number of likely N-dealkylation sites (N-methyl/N-ethyl adjacent to an activating group) is 1. The molecule has 11 nitrogen and oxygen atoms in total. The molecule has 2 saturated heterocycles. The lowest BCUT2D eigenvalue weighted by molar-refractivity contribution is -0.138. The van der Waals surface area contributed by atoms with Crippen LogP contribution in [-0.2, 0) is 27.2 Å². The number of carbonyl (C=O) groups excluding carboxylic acids is 3. The number of aryl methyl sites for hydroxylation is 2. The number of amides is 3. The molecule has 6 rings (SSSR count). The topological polar surface area (TPSA) is 127 Å². The van der Waals surface area contributed by atoms with Crippen LogP contribution in [0.3, 0.4) is 0 Å². The van der Waals surface area contributed by atoms with E-state index >= 15 is 0 Å². The van der Waals surface area contributed by atoms with Crippen LogP contribution in [0.15, 0.2) is 97.2 Å². The minimum Gasteiger partial charge on any atom is -0.490 e. The van der Waals surface area contributed by atoms with Gasteiger partial charge in [0.15, 0.2) is 0 Å². The molecule has 4 aromatic rings. The van der Waals surface area contributed by atoms with Crippen molar-refractivity contribution < 1.29 is 24.2 Å². The number of hydrogen-bond acceptors (Lipinski definition) is 8. The number of piperazine rings is 1. The van der Waals surface area contributed by atoms with Crippen LogP contribution in [0.25, 0.3) is 10.9 Å². The number of aliphatic hydroxyl groups is 1. The molecule has 0 unspecified atom stereocenters. The number of nitrogens with one attached hydrogen (secondary N) is 2. The van der Waals surface area contributed by atoms with Gasteiger partial charge in [0, 0.05) is 56.3 Å². The molecule has 58 heavy (non-hydrogen) atoms. The number of likely N-dealkylation sites (tertiary alicyclic amines) is 1. The minimum atomic E-state index is -0.962. The van der Waals surface area contributed by atoms with E-state index < -0.39 is 12.1 Å². The van der Waals surface area contributed by atoms with E-state index in [0.717, 1.165) is 69.1 Å². The van der Waals surface area contributed by atoms with Gasteiger partial charge in [0.1, 0.15) is 24.5 Å². The van der Waals surface area contributed by atoms with Crippen molar-refractivity contribution in [2.75, 3.05) is 59.0 Å². The maximum absolute atomic E-state index is 14.2. The third-order valence-corrected chi connectivity index (χ3v) is 11.7. The molecule has 0 spiro atoms. The molecular weight excluding hydrogens is 729 g/mol. The van der Waals surface area contributed by atoms with Gasteiger partial charge in [-0.15, -0.1) is 0 Å². The number of ether oxygens (including phenoxy) is 1. The van der Waals surface area contributed by atoms with Gasteiger partial charge in [-0.2, -0.15) is 0 Å². The number of rotatable bonds is 20. The Labute approximate surface area is 344 Å². The Morgan fingerprint density at radius 3 is 2.07 bits per heavy atom. The quantitative estimate of drug-likeness (QED) is 0.111. The molecule has 2 fully saturated rings. The first kappa shape index (κ1) is 42.8. The van der Waals surface area contributed by atoms with Crippen molar-refractivity contribution >= 4 is 28.6 Å². The second-order valence-corrected chi connectivity index (χ2v) is 15.9. The number of nitrogens with zero attached hydrogens (tertiary/aromatic N) is 4. The number of aromatic nitrogens is 1. The Morgan fingerprint density at radius 1 is 0.776 bits per heavy atom. The molecule has 310 valence electrons. The lowest BCUT2D eigenvalue weighted by Gasteiger charge is -2.35. The zero-order valence-corrected chi connectivity index (χ0v) is 34.1. The maximum atomic E-state index is 14.2. The predicted octanol–water partition coefficient (Wildman–Crippen LogP) is 5.26. The van der Waals surface area contributed by atoms with Crippen molar-refractivity contribution in [1.82, 2.24) is 30.3 Å². The van der Waals surface area contributed by atoms with E-state index in [4.69, 9.17) is 4.74 Å². The molecule has 3 N–H and O–H groups in total. The smallest absolute Gasteiger partial charge is 0.243 e. The highest BCUT2D eigenvalue weighted by Crippen LogP contribution is 2.24. The van der Waals surface area contributed by atoms with Gasteiger partial charge in [-0.3, -0.25) is 19.4 Å². The summed E-state index contributed by atoms with van der Waals surface area (Å²) < 4.78 is 5.99. The van der Waals surface area contributed by atoms with Crippen LogP contribution < -0.4 is 15.4 Å². The Bertz CT molecular complexity index is 1810. The van der Waals surface area contributed by atoms with Crippen molar-refractivity contribution in [1.29, 1.82) is 0 Å². The summed E-state index contributed by atoms with van der Waals surface area (Å²) in [6.07, 6.45) is 7.43. The fourth-order valence-electron chi connectivity index (χ4n) is 8.22. The number of aliphatic hydroxyl groups excluding tert-OH is 1. The SMILES string of the molecule is CCN1CCN(C(=O)C[C@H](NC(=O)C2CCN(C[C@@H](O)COc3cccc4ncccc34)CC2)C(=O)NC(CCCc2ccccc2)CCCc2ccccc2)CC1. The molecule has 0 aliphatic carbocycles. The summed E-state index contributed by atoms with van der Waals surface area (Å²) >= 11 is 0. The van der Waals surface area contributed by atoms with Gasteiger partial charge in [0.25, 0.3) is 0 Å². The van der Waals surface area contributed by atoms with Gasteiger partial charge in [-0.25, -0.2) is 0 Å². The van der Waals surface area contributed by atoms with Crippen molar-refractivity contribution in [3.63, 3.8) is 0 Å². The zero-order valence-electron chi connectivity index (χ0n) is 34.1. The minimum absolute atomic E-state index is 0.0672. The van der Waals surface area contributed by atoms with Gasteiger partial charge in [0.2, 0.25) is 17.7 Å². The second-order valence-electron chi connectivity index (χ2n) is 15.9. The Kier molecular flexibility index (Phi) is 16.5. The largest absolute Gasteiger partial charge is 0.490 e. The molecule has 3 aromatic carbocycles. The van der Waals surface area contributed by atoms with Crippen LogP contribution in [0, 0.1) is 5.92 Å². The first-order valence-corrected chi connectivity index (χ1v) is 21.4. The molecule has 1 aromatic heterocycles. The Hall–Kier alpha value is -4.84. The number of pyridine rings is 1. The highest BCUT2D eigenvalue weighted by atomic mass is 16.5. The van der Waals surface area contributed by atoms with Crippen LogP contribution in [0.2, 0.25) is 0 Å². The van der Waals surface area contributed by atoms with Crippen LogP contribution in [0.4, 0.5) is 0 Å². The number of β-amino-alcohol motifs (C(OH)–C–C–N with tert-alkyl or cyclic N) is 1. The van der Waals surface area contributed by atoms with Crippen molar-refractivity contribution in [3.8, 4) is 5.75 Å². The lowest BCUT2D eigenvalue weighted by Crippen LogP contribution is -2.55. The first-order valence-electron chi connectivity index (χ1n) is 21.4. The number of fused-ring (bicyclic) bond motifs is 1. The number of hydrogen-bond donors (Lipinski definition) is 3. The van der Waals surface area contributed by atoms with Gasteiger partial charge in [0.05, 0.1) is 11.9 Å². The normalized spacial score (nSPS) is 16.6.